The summed E-state index contributed by atoms with van der Waals surface area (Å²) in [5.41, 5.74) is 11.8. The molecule has 0 fully saturated rings. The fourth-order valence-electron chi connectivity index (χ4n) is 1.77. The molecule has 6 N–H and O–H groups in total. The first-order valence-corrected chi connectivity index (χ1v) is 9.52. The first kappa shape index (κ1) is 19.5. The lowest BCUT2D eigenvalue weighted by atomic mass is 10.3. The fourth-order valence-corrected chi connectivity index (χ4v) is 2.29. The van der Waals surface area contributed by atoms with Crippen LogP contribution in [0.15, 0.2) is 46.6 Å². The van der Waals surface area contributed by atoms with E-state index < -0.39 is 19.5 Å². The molecule has 10 nitrogen and oxygen atoms in total. The Kier molecular flexibility index (Phi) is 6.04. The van der Waals surface area contributed by atoms with Crippen molar-refractivity contribution in [2.45, 2.75) is 13.0 Å². The minimum atomic E-state index is -3.74. The summed E-state index contributed by atoms with van der Waals surface area (Å²) in [6.07, 6.45) is 0. The van der Waals surface area contributed by atoms with Gasteiger partial charge in [0.2, 0.25) is 5.91 Å². The predicted octanol–water partition coefficient (Wildman–Crippen LogP) is 2.56. The number of nitrogens with two attached hydrogens (primary N) is 2. The molecule has 1 aromatic carbocycles. The number of anilines is 2. The Labute approximate surface area is 149 Å². The predicted molar refractivity (Wildman–Crippen MR) is 97.9 cm³/mol. The third-order valence-electron chi connectivity index (χ3n) is 2.97. The van der Waals surface area contributed by atoms with Crippen molar-refractivity contribution in [3.63, 3.8) is 0 Å². The Hall–Kier alpha value is -2.81. The smallest absolute Gasteiger partial charge is 0.373 e. The van der Waals surface area contributed by atoms with Crippen LogP contribution in [-0.2, 0) is 9.36 Å². The highest BCUT2D eigenvalue weighted by Gasteiger charge is 2.15. The van der Waals surface area contributed by atoms with Gasteiger partial charge in [0.25, 0.3) is 0 Å². The Bertz CT molecular complexity index is 880. The molecule has 11 heteroatoms. The molecule has 0 spiro atoms. The van der Waals surface area contributed by atoms with Gasteiger partial charge in [0.05, 0.1) is 6.04 Å². The van der Waals surface area contributed by atoms with E-state index in [4.69, 9.17) is 16.0 Å². The lowest BCUT2D eigenvalue weighted by molar-refractivity contribution is -0.117. The van der Waals surface area contributed by atoms with Gasteiger partial charge in [0.15, 0.2) is 11.6 Å². The summed E-state index contributed by atoms with van der Waals surface area (Å²) >= 11 is 0. The number of aromatic nitrogens is 1. The van der Waals surface area contributed by atoms with Gasteiger partial charge in [-0.1, -0.05) is 12.1 Å². The molecule has 1 unspecified atom stereocenters. The van der Waals surface area contributed by atoms with Crippen molar-refractivity contribution in [2.75, 3.05) is 17.7 Å². The molecule has 2 atom stereocenters. The SMILES string of the molecule is C[C@H](N)C(=O)Nc1ccc(N=Nc2ccccc2OP(C)(=O)O)c(N)n1. The van der Waals surface area contributed by atoms with Crippen LogP contribution < -0.4 is 21.3 Å². The first-order valence-electron chi connectivity index (χ1n) is 7.49. The van der Waals surface area contributed by atoms with E-state index in [0.717, 1.165) is 6.66 Å². The number of hydrogen-bond acceptors (Lipinski definition) is 8. The molecule has 0 aliphatic heterocycles. The zero-order valence-electron chi connectivity index (χ0n) is 14.2. The number of azo groups is 1. The molecule has 0 bridgehead atoms. The van der Waals surface area contributed by atoms with Crippen LogP contribution in [-0.4, -0.2) is 28.5 Å². The van der Waals surface area contributed by atoms with E-state index in [1.54, 1.807) is 25.1 Å². The van der Waals surface area contributed by atoms with Gasteiger partial charge >= 0.3 is 7.60 Å². The fraction of sp³-hybridized carbons (Fsp3) is 0.200. The average Bonchev–Trinajstić information content (AvgIpc) is 2.54. The number of para-hydroxylation sites is 1. The Morgan fingerprint density at radius 3 is 2.54 bits per heavy atom. The molecule has 1 heterocycles. The van der Waals surface area contributed by atoms with Gasteiger partial charge in [-0.15, -0.1) is 10.2 Å². The highest BCUT2D eigenvalue weighted by molar-refractivity contribution is 7.52. The zero-order chi connectivity index (χ0) is 19.3. The van der Waals surface area contributed by atoms with Gasteiger partial charge in [0.1, 0.15) is 17.2 Å². The summed E-state index contributed by atoms with van der Waals surface area (Å²) in [5, 5.41) is 10.5. The van der Waals surface area contributed by atoms with Gasteiger partial charge in [-0.2, -0.15) is 0 Å². The van der Waals surface area contributed by atoms with Gasteiger partial charge in [-0.3, -0.25) is 4.79 Å². The second-order valence-electron chi connectivity index (χ2n) is 5.44. The summed E-state index contributed by atoms with van der Waals surface area (Å²) in [6, 6.07) is 8.70. The number of nitrogens with one attached hydrogen (secondary N) is 1. The van der Waals surface area contributed by atoms with Crippen LogP contribution in [0, 0.1) is 0 Å². The topological polar surface area (TPSA) is 165 Å². The second-order valence-corrected chi connectivity index (χ2v) is 7.23. The van der Waals surface area contributed by atoms with Gasteiger partial charge in [0, 0.05) is 6.66 Å². The first-order chi connectivity index (χ1) is 12.2. The number of nitrogens with zero attached hydrogens (tertiary/aromatic N) is 3. The summed E-state index contributed by atoms with van der Waals surface area (Å²) in [6.45, 7) is 2.61. The number of rotatable bonds is 6. The molecule has 0 saturated heterocycles. The molecule has 138 valence electrons. The minimum Gasteiger partial charge on any atom is -0.422 e. The van der Waals surface area contributed by atoms with Crippen LogP contribution in [0.3, 0.4) is 0 Å². The van der Waals surface area contributed by atoms with Crippen molar-refractivity contribution in [3.8, 4) is 5.75 Å². The molecule has 2 rings (SSSR count). The molecular weight excluding hydrogens is 359 g/mol. The van der Waals surface area contributed by atoms with Gasteiger partial charge in [-0.25, -0.2) is 9.55 Å². The second kappa shape index (κ2) is 8.05. The quantitative estimate of drug-likeness (QED) is 0.443. The maximum atomic E-state index is 11.6. The third-order valence-corrected chi connectivity index (χ3v) is 3.50. The molecule has 0 aliphatic rings. The molecule has 1 amide bonds. The van der Waals surface area contributed by atoms with Crippen molar-refractivity contribution < 1.29 is 18.8 Å². The Morgan fingerprint density at radius 2 is 1.92 bits per heavy atom. The van der Waals surface area contributed by atoms with Crippen LogP contribution in [0.5, 0.6) is 5.75 Å². The summed E-state index contributed by atoms with van der Waals surface area (Å²) < 4.78 is 16.4. The molecule has 0 aliphatic carbocycles. The lowest BCUT2D eigenvalue weighted by Crippen LogP contribution is -2.32. The summed E-state index contributed by atoms with van der Waals surface area (Å²) in [4.78, 5) is 24.9. The van der Waals surface area contributed by atoms with Gasteiger partial charge < -0.3 is 26.2 Å². The van der Waals surface area contributed by atoms with Crippen molar-refractivity contribution in [2.24, 2.45) is 16.0 Å². The third kappa shape index (κ3) is 5.62. The van der Waals surface area contributed by atoms with Crippen molar-refractivity contribution >= 4 is 36.5 Å². The van der Waals surface area contributed by atoms with Crippen molar-refractivity contribution in [1.29, 1.82) is 0 Å². The highest BCUT2D eigenvalue weighted by atomic mass is 31.2. The van der Waals surface area contributed by atoms with E-state index in [1.807, 2.05) is 0 Å². The van der Waals surface area contributed by atoms with E-state index >= 15 is 0 Å². The van der Waals surface area contributed by atoms with Crippen LogP contribution in [0.25, 0.3) is 0 Å². The van der Waals surface area contributed by atoms with E-state index in [9.17, 15) is 14.3 Å². The summed E-state index contributed by atoms with van der Waals surface area (Å²) in [7, 11) is -3.74. The zero-order valence-corrected chi connectivity index (χ0v) is 15.1. The maximum absolute atomic E-state index is 11.6. The largest absolute Gasteiger partial charge is 0.422 e. The number of carbonyl (C=O) groups is 1. The summed E-state index contributed by atoms with van der Waals surface area (Å²) in [5.74, 6) is -0.0140. The molecule has 1 aromatic heterocycles. The van der Waals surface area contributed by atoms with Crippen LogP contribution in [0.4, 0.5) is 23.0 Å². The molecule has 2 aromatic rings. The highest BCUT2D eigenvalue weighted by Crippen LogP contribution is 2.42. The Balaban J connectivity index is 2.21. The lowest BCUT2D eigenvalue weighted by Gasteiger charge is -2.10. The normalized spacial score (nSPS) is 14.6. The number of carbonyl (C=O) groups excluding carboxylic acids is 1. The Morgan fingerprint density at radius 1 is 1.27 bits per heavy atom. The van der Waals surface area contributed by atoms with E-state index in [1.165, 1.54) is 18.2 Å². The maximum Gasteiger partial charge on any atom is 0.373 e. The molecular formula is C15H19N6O4P. The number of amides is 1. The number of benzene rings is 1. The van der Waals surface area contributed by atoms with E-state index in [-0.39, 0.29) is 28.8 Å². The van der Waals surface area contributed by atoms with E-state index in [0.29, 0.717) is 0 Å². The number of nitrogen functional groups attached to an aromatic ring is 1. The standard InChI is InChI=1S/C15H19N6O4P/c1-9(16)15(22)19-13-8-7-11(14(17)18-13)21-20-10-5-3-4-6-12(10)25-26(2,23)24/h3-9H,16H2,1-2H3,(H,23,24)(H3,17,18,19,22)/t9-/m0/s1. The van der Waals surface area contributed by atoms with E-state index in [2.05, 4.69) is 20.5 Å². The average molecular weight is 378 g/mol. The monoisotopic (exact) mass is 378 g/mol. The van der Waals surface area contributed by atoms with Crippen LogP contribution in [0.1, 0.15) is 6.92 Å². The number of hydrogen-bond donors (Lipinski definition) is 4. The number of pyridine rings is 1. The molecule has 26 heavy (non-hydrogen) atoms. The van der Waals surface area contributed by atoms with Crippen molar-refractivity contribution in [1.82, 2.24) is 4.98 Å². The van der Waals surface area contributed by atoms with Crippen LogP contribution >= 0.6 is 7.60 Å². The minimum absolute atomic E-state index is 0.0398. The molecule has 0 radical (unpaired) electrons. The van der Waals surface area contributed by atoms with Crippen molar-refractivity contribution in [3.05, 3.63) is 36.4 Å². The van der Waals surface area contributed by atoms with Gasteiger partial charge in [-0.05, 0) is 31.2 Å². The molecule has 0 saturated carbocycles. The van der Waals surface area contributed by atoms with Crippen LogP contribution in [0.2, 0.25) is 0 Å².